The lowest BCUT2D eigenvalue weighted by molar-refractivity contribution is -0.148. The van der Waals surface area contributed by atoms with Gasteiger partial charge >= 0.3 is 0 Å². The molecule has 264 valence electrons. The molecule has 0 aromatic rings. The zero-order chi connectivity index (χ0) is 31.9. The van der Waals surface area contributed by atoms with E-state index in [0.29, 0.717) is 6.79 Å². The molecule has 0 radical (unpaired) electrons. The maximum absolute atomic E-state index is 6.23. The standard InChI is InChI=1S/C40H80O4/c1-4-7-10-13-21-27-32-37-43-40(44-38-33-28-22-14-11-8-5-2)34-29-24-20-18-16-15-17-19-23-26-31-36-42-39-41-35-30-25-12-9-6-3/h31,36,40H,4-30,32-35,37-39H2,1-3H3. The Morgan fingerprint density at radius 2 is 0.795 bits per heavy atom. The van der Waals surface area contributed by atoms with E-state index in [9.17, 15) is 0 Å². The summed E-state index contributed by atoms with van der Waals surface area (Å²) in [5.41, 5.74) is 0. The Bertz CT molecular complexity index is 504. The maximum Gasteiger partial charge on any atom is 0.188 e. The van der Waals surface area contributed by atoms with Gasteiger partial charge < -0.3 is 18.9 Å². The van der Waals surface area contributed by atoms with Crippen LogP contribution in [-0.4, -0.2) is 32.9 Å². The van der Waals surface area contributed by atoms with Gasteiger partial charge in [-0.1, -0.05) is 168 Å². The predicted molar refractivity (Wildman–Crippen MR) is 192 cm³/mol. The third-order valence-corrected chi connectivity index (χ3v) is 8.65. The van der Waals surface area contributed by atoms with Crippen molar-refractivity contribution in [2.75, 3.05) is 26.6 Å². The van der Waals surface area contributed by atoms with E-state index in [1.807, 2.05) is 6.26 Å². The lowest BCUT2D eigenvalue weighted by atomic mass is 10.1. The minimum atomic E-state index is 0.0162. The molecule has 0 heterocycles. The van der Waals surface area contributed by atoms with Crippen LogP contribution < -0.4 is 0 Å². The van der Waals surface area contributed by atoms with Gasteiger partial charge in [-0.15, -0.1) is 0 Å². The van der Waals surface area contributed by atoms with Gasteiger partial charge in [-0.25, -0.2) is 0 Å². The smallest absolute Gasteiger partial charge is 0.188 e. The van der Waals surface area contributed by atoms with Crippen molar-refractivity contribution in [3.05, 3.63) is 12.3 Å². The van der Waals surface area contributed by atoms with E-state index in [0.717, 1.165) is 39.1 Å². The summed E-state index contributed by atoms with van der Waals surface area (Å²) in [5.74, 6) is 0. The third kappa shape index (κ3) is 37.6. The Morgan fingerprint density at radius 3 is 1.27 bits per heavy atom. The second-order valence-electron chi connectivity index (χ2n) is 13.2. The largest absolute Gasteiger partial charge is 0.475 e. The van der Waals surface area contributed by atoms with E-state index in [4.69, 9.17) is 18.9 Å². The van der Waals surface area contributed by atoms with Crippen LogP contribution >= 0.6 is 0 Å². The highest BCUT2D eigenvalue weighted by atomic mass is 16.7. The predicted octanol–water partition coefficient (Wildman–Crippen LogP) is 13.6. The molecule has 0 unspecified atom stereocenters. The fourth-order valence-electron chi connectivity index (χ4n) is 5.66. The van der Waals surface area contributed by atoms with Gasteiger partial charge in [-0.2, -0.15) is 0 Å². The molecule has 0 aliphatic heterocycles. The van der Waals surface area contributed by atoms with Gasteiger partial charge in [0.1, 0.15) is 0 Å². The quantitative estimate of drug-likeness (QED) is 0.0387. The minimum Gasteiger partial charge on any atom is -0.475 e. The molecule has 0 bridgehead atoms. The van der Waals surface area contributed by atoms with E-state index >= 15 is 0 Å². The summed E-state index contributed by atoms with van der Waals surface area (Å²) in [6.07, 6.45) is 43.1. The van der Waals surface area contributed by atoms with Crippen LogP contribution in [0.5, 0.6) is 0 Å². The number of allylic oxidation sites excluding steroid dienone is 1. The van der Waals surface area contributed by atoms with Crippen molar-refractivity contribution < 1.29 is 18.9 Å². The van der Waals surface area contributed by atoms with Crippen LogP contribution in [-0.2, 0) is 18.9 Å². The number of ether oxygens (including phenoxy) is 4. The lowest BCUT2D eigenvalue weighted by Crippen LogP contribution is -2.19. The molecule has 44 heavy (non-hydrogen) atoms. The Hall–Kier alpha value is -0.580. The highest BCUT2D eigenvalue weighted by Crippen LogP contribution is 2.16. The summed E-state index contributed by atoms with van der Waals surface area (Å²) in [5, 5.41) is 0. The van der Waals surface area contributed by atoms with E-state index in [1.54, 1.807) is 0 Å². The van der Waals surface area contributed by atoms with Crippen molar-refractivity contribution in [1.29, 1.82) is 0 Å². The summed E-state index contributed by atoms with van der Waals surface area (Å²) < 4.78 is 23.4. The molecule has 0 saturated heterocycles. The molecule has 0 aliphatic rings. The average Bonchev–Trinajstić information content (AvgIpc) is 3.03. The molecule has 0 saturated carbocycles. The van der Waals surface area contributed by atoms with Crippen LogP contribution in [0.15, 0.2) is 12.3 Å². The van der Waals surface area contributed by atoms with E-state index in [2.05, 4.69) is 26.8 Å². The molecule has 0 atom stereocenters. The topological polar surface area (TPSA) is 36.9 Å². The van der Waals surface area contributed by atoms with Gasteiger partial charge in [0.25, 0.3) is 0 Å². The molecule has 0 amide bonds. The van der Waals surface area contributed by atoms with Crippen molar-refractivity contribution in [1.82, 2.24) is 0 Å². The van der Waals surface area contributed by atoms with Gasteiger partial charge in [0.2, 0.25) is 0 Å². The zero-order valence-electron chi connectivity index (χ0n) is 30.4. The van der Waals surface area contributed by atoms with E-state index < -0.39 is 0 Å². The second kappa shape index (κ2) is 40.4. The van der Waals surface area contributed by atoms with Crippen LogP contribution in [0.3, 0.4) is 0 Å². The van der Waals surface area contributed by atoms with Crippen molar-refractivity contribution in [3.8, 4) is 0 Å². The summed E-state index contributed by atoms with van der Waals surface area (Å²) in [6, 6.07) is 0. The van der Waals surface area contributed by atoms with Gasteiger partial charge in [0.05, 0.1) is 12.9 Å². The molecule has 0 rings (SSSR count). The molecular weight excluding hydrogens is 544 g/mol. The van der Waals surface area contributed by atoms with E-state index in [-0.39, 0.29) is 6.29 Å². The first-order valence-electron chi connectivity index (χ1n) is 19.9. The number of hydrogen-bond acceptors (Lipinski definition) is 4. The Balaban J connectivity index is 3.71. The first-order chi connectivity index (χ1) is 21.8. The summed E-state index contributed by atoms with van der Waals surface area (Å²) in [6.45, 7) is 9.77. The first-order valence-corrected chi connectivity index (χ1v) is 19.9. The molecule has 0 spiro atoms. The Labute approximate surface area is 277 Å². The summed E-state index contributed by atoms with van der Waals surface area (Å²) in [7, 11) is 0. The van der Waals surface area contributed by atoms with Crippen LogP contribution in [0, 0.1) is 0 Å². The molecular formula is C40H80O4. The van der Waals surface area contributed by atoms with Gasteiger partial charge in [-0.3, -0.25) is 0 Å². The molecule has 4 heteroatoms. The summed E-state index contributed by atoms with van der Waals surface area (Å²) in [4.78, 5) is 0. The molecule has 0 N–H and O–H groups in total. The fraction of sp³-hybridized carbons (Fsp3) is 0.950. The van der Waals surface area contributed by atoms with Gasteiger partial charge in [0, 0.05) is 13.2 Å². The molecule has 0 aromatic carbocycles. The molecule has 0 fully saturated rings. The maximum atomic E-state index is 6.23. The monoisotopic (exact) mass is 625 g/mol. The Kier molecular flexibility index (Phi) is 39.9. The number of unbranched alkanes of at least 4 members (excludes halogenated alkanes) is 25. The highest BCUT2D eigenvalue weighted by molar-refractivity contribution is 4.72. The average molecular weight is 625 g/mol. The molecule has 4 nitrogen and oxygen atoms in total. The van der Waals surface area contributed by atoms with Crippen molar-refractivity contribution in [2.45, 2.75) is 220 Å². The minimum absolute atomic E-state index is 0.0162. The number of hydrogen-bond donors (Lipinski definition) is 0. The SMILES string of the molecule is CCCCCCCCCOC(CCCCCCCCCCCC=COCOCCCCCCC)OCCCCCCCCC. The number of rotatable bonds is 39. The van der Waals surface area contributed by atoms with E-state index in [1.165, 1.54) is 173 Å². The van der Waals surface area contributed by atoms with Gasteiger partial charge in [0.15, 0.2) is 13.1 Å². The molecule has 0 aromatic heterocycles. The van der Waals surface area contributed by atoms with Crippen LogP contribution in [0.4, 0.5) is 0 Å². The first kappa shape index (κ1) is 43.4. The van der Waals surface area contributed by atoms with Gasteiger partial charge in [-0.05, 0) is 51.0 Å². The second-order valence-corrected chi connectivity index (χ2v) is 13.2. The summed E-state index contributed by atoms with van der Waals surface area (Å²) >= 11 is 0. The zero-order valence-corrected chi connectivity index (χ0v) is 30.4. The normalized spacial score (nSPS) is 11.8. The fourth-order valence-corrected chi connectivity index (χ4v) is 5.66. The lowest BCUT2D eigenvalue weighted by Gasteiger charge is -2.19. The highest BCUT2D eigenvalue weighted by Gasteiger charge is 2.09. The molecule has 0 aliphatic carbocycles. The van der Waals surface area contributed by atoms with Crippen LogP contribution in [0.1, 0.15) is 213 Å². The van der Waals surface area contributed by atoms with Crippen LogP contribution in [0.25, 0.3) is 0 Å². The van der Waals surface area contributed by atoms with Crippen molar-refractivity contribution in [3.63, 3.8) is 0 Å². The van der Waals surface area contributed by atoms with Crippen molar-refractivity contribution in [2.24, 2.45) is 0 Å². The third-order valence-electron chi connectivity index (χ3n) is 8.65. The van der Waals surface area contributed by atoms with Crippen LogP contribution in [0.2, 0.25) is 0 Å². The van der Waals surface area contributed by atoms with Crippen molar-refractivity contribution >= 4 is 0 Å². The Morgan fingerprint density at radius 1 is 0.409 bits per heavy atom.